The molecule has 1 aromatic carbocycles. The first-order valence-corrected chi connectivity index (χ1v) is 7.66. The van der Waals surface area contributed by atoms with E-state index in [0.29, 0.717) is 10.8 Å². The summed E-state index contributed by atoms with van der Waals surface area (Å²) in [6.07, 6.45) is 3.35. The van der Waals surface area contributed by atoms with Crippen molar-refractivity contribution in [2.75, 3.05) is 19.8 Å². The fourth-order valence-electron chi connectivity index (χ4n) is 1.40. The van der Waals surface area contributed by atoms with Crippen molar-refractivity contribution >= 4 is 27.5 Å². The Morgan fingerprint density at radius 1 is 1.37 bits per heavy atom. The van der Waals surface area contributed by atoms with E-state index in [1.807, 2.05) is 0 Å². The third-order valence-corrected chi connectivity index (χ3v) is 5.26. The largest absolute Gasteiger partial charge is 0.398 e. The topological polar surface area (TPSA) is 92.1 Å². The molecule has 8 heteroatoms. The van der Waals surface area contributed by atoms with Crippen LogP contribution in [-0.4, -0.2) is 36.8 Å². The summed E-state index contributed by atoms with van der Waals surface area (Å²) in [5.41, 5.74) is 6.30. The molecule has 0 fully saturated rings. The van der Waals surface area contributed by atoms with Gasteiger partial charge in [-0.05, 0) is 30.0 Å². The molecule has 0 radical (unpaired) electrons. The van der Waals surface area contributed by atoms with Crippen molar-refractivity contribution in [3.63, 3.8) is 0 Å². The van der Waals surface area contributed by atoms with Crippen LogP contribution >= 0.6 is 11.8 Å². The second kappa shape index (κ2) is 5.24. The Labute approximate surface area is 116 Å². The molecule has 3 N–H and O–H groups in total. The van der Waals surface area contributed by atoms with E-state index in [1.165, 1.54) is 38.0 Å². The lowest BCUT2D eigenvalue weighted by Gasteiger charge is -2.12. The molecule has 0 spiro atoms. The number of sulfonamides is 1. The van der Waals surface area contributed by atoms with Crippen LogP contribution in [0.5, 0.6) is 0 Å². The van der Waals surface area contributed by atoms with E-state index < -0.39 is 10.0 Å². The van der Waals surface area contributed by atoms with Crippen molar-refractivity contribution < 1.29 is 8.42 Å². The first-order chi connectivity index (χ1) is 8.91. The summed E-state index contributed by atoms with van der Waals surface area (Å²) in [7, 11) is -0.491. The number of hydrogen-bond donors (Lipinski definition) is 2. The number of benzene rings is 1. The quantitative estimate of drug-likeness (QED) is 0.832. The lowest BCUT2D eigenvalue weighted by molar-refractivity contribution is 0.520. The van der Waals surface area contributed by atoms with Gasteiger partial charge in [0.1, 0.15) is 0 Å². The van der Waals surface area contributed by atoms with Gasteiger partial charge in [-0.1, -0.05) is 0 Å². The fourth-order valence-corrected chi connectivity index (χ4v) is 3.10. The Morgan fingerprint density at radius 2 is 2.11 bits per heavy atom. The smallest absolute Gasteiger partial charge is 0.242 e. The number of anilines is 1. The monoisotopic (exact) mass is 298 g/mol. The highest BCUT2D eigenvalue weighted by molar-refractivity contribution is 7.99. The number of nitrogens with one attached hydrogen (secondary N) is 1. The number of hydrogen-bond acceptors (Lipinski definition) is 5. The molecule has 0 atom stereocenters. The minimum Gasteiger partial charge on any atom is -0.398 e. The number of H-pyrrole nitrogens is 1. The number of nitrogens with zero attached hydrogens (tertiary/aromatic N) is 2. The molecule has 0 saturated carbocycles. The van der Waals surface area contributed by atoms with Crippen LogP contribution in [0, 0.1) is 0 Å². The van der Waals surface area contributed by atoms with Crippen LogP contribution in [0.25, 0.3) is 0 Å². The molecule has 0 aliphatic heterocycles. The van der Waals surface area contributed by atoms with E-state index in [2.05, 4.69) is 9.97 Å². The third kappa shape index (κ3) is 2.91. The van der Waals surface area contributed by atoms with Crippen LogP contribution < -0.4 is 5.73 Å². The highest BCUT2D eigenvalue weighted by Crippen LogP contribution is 2.31. The van der Waals surface area contributed by atoms with Gasteiger partial charge in [-0.3, -0.25) is 0 Å². The zero-order chi connectivity index (χ0) is 14.0. The maximum absolute atomic E-state index is 12.0. The molecule has 0 bridgehead atoms. The maximum atomic E-state index is 12.0. The van der Waals surface area contributed by atoms with Gasteiger partial charge in [0, 0.05) is 37.1 Å². The molecule has 0 aliphatic carbocycles. The molecule has 0 amide bonds. The molecule has 1 heterocycles. The molecule has 0 unspecified atom stereocenters. The van der Waals surface area contributed by atoms with Crippen molar-refractivity contribution in [2.45, 2.75) is 14.9 Å². The number of aromatic amines is 1. The summed E-state index contributed by atoms with van der Waals surface area (Å²) in [4.78, 5) is 7.96. The van der Waals surface area contributed by atoms with Crippen LogP contribution in [0.15, 0.2) is 45.5 Å². The zero-order valence-electron chi connectivity index (χ0n) is 10.5. The van der Waals surface area contributed by atoms with E-state index in [1.54, 1.807) is 18.5 Å². The Morgan fingerprint density at radius 3 is 2.63 bits per heavy atom. The molecule has 102 valence electrons. The minimum absolute atomic E-state index is 0.179. The molecule has 19 heavy (non-hydrogen) atoms. The summed E-state index contributed by atoms with van der Waals surface area (Å²) in [5, 5.41) is 0.704. The highest BCUT2D eigenvalue weighted by Gasteiger charge is 2.18. The first kappa shape index (κ1) is 13.9. The highest BCUT2D eigenvalue weighted by atomic mass is 32.2. The molecule has 0 saturated heterocycles. The van der Waals surface area contributed by atoms with Gasteiger partial charge in [0.2, 0.25) is 10.0 Å². The Balaban J connectivity index is 2.32. The molecule has 0 aliphatic rings. The normalized spacial score (nSPS) is 11.9. The van der Waals surface area contributed by atoms with Crippen LogP contribution in [0.3, 0.4) is 0 Å². The van der Waals surface area contributed by atoms with Gasteiger partial charge in [0.15, 0.2) is 5.16 Å². The number of aromatic nitrogens is 2. The van der Waals surface area contributed by atoms with E-state index >= 15 is 0 Å². The predicted octanol–water partition coefficient (Wildman–Crippen LogP) is 1.39. The average molecular weight is 298 g/mol. The molecule has 2 aromatic rings. The summed E-state index contributed by atoms with van der Waals surface area (Å²) in [5.74, 6) is 0. The fraction of sp³-hybridized carbons (Fsp3) is 0.182. The summed E-state index contributed by atoms with van der Waals surface area (Å²) >= 11 is 1.35. The summed E-state index contributed by atoms with van der Waals surface area (Å²) in [6.45, 7) is 0. The van der Waals surface area contributed by atoms with Crippen molar-refractivity contribution in [3.05, 3.63) is 30.6 Å². The summed E-state index contributed by atoms with van der Waals surface area (Å²) < 4.78 is 25.1. The Kier molecular flexibility index (Phi) is 3.83. The number of nitrogens with two attached hydrogens (primary N) is 1. The van der Waals surface area contributed by atoms with Crippen molar-refractivity contribution in [1.29, 1.82) is 0 Å². The van der Waals surface area contributed by atoms with Crippen LogP contribution in [-0.2, 0) is 10.0 Å². The molecular formula is C11H14N4O2S2. The van der Waals surface area contributed by atoms with Crippen LogP contribution in [0.1, 0.15) is 0 Å². The van der Waals surface area contributed by atoms with Gasteiger partial charge in [-0.15, -0.1) is 0 Å². The zero-order valence-corrected chi connectivity index (χ0v) is 12.1. The van der Waals surface area contributed by atoms with Crippen molar-refractivity contribution in [2.24, 2.45) is 0 Å². The predicted molar refractivity (Wildman–Crippen MR) is 74.4 cm³/mol. The van der Waals surface area contributed by atoms with Crippen LogP contribution in [0.2, 0.25) is 0 Å². The standard InChI is InChI=1S/C11H14N4O2S2/c1-15(2)19(16,17)8-3-4-10(9(12)7-8)18-11-13-5-6-14-11/h3-7H,12H2,1-2H3,(H,13,14). The average Bonchev–Trinajstić information content (AvgIpc) is 2.84. The van der Waals surface area contributed by atoms with Gasteiger partial charge in [-0.25, -0.2) is 17.7 Å². The van der Waals surface area contributed by atoms with Gasteiger partial charge in [-0.2, -0.15) is 0 Å². The van der Waals surface area contributed by atoms with E-state index in [4.69, 9.17) is 5.73 Å². The maximum Gasteiger partial charge on any atom is 0.242 e. The third-order valence-electron chi connectivity index (χ3n) is 2.44. The second-order valence-corrected chi connectivity index (χ2v) is 7.17. The number of imidazole rings is 1. The Hall–Kier alpha value is -1.51. The van der Waals surface area contributed by atoms with E-state index in [-0.39, 0.29) is 4.90 Å². The first-order valence-electron chi connectivity index (χ1n) is 5.40. The van der Waals surface area contributed by atoms with E-state index in [0.717, 1.165) is 9.20 Å². The summed E-state index contributed by atoms with van der Waals surface area (Å²) in [6, 6.07) is 4.68. The molecular weight excluding hydrogens is 284 g/mol. The lowest BCUT2D eigenvalue weighted by Crippen LogP contribution is -2.22. The number of rotatable bonds is 4. The molecule has 6 nitrogen and oxygen atoms in total. The van der Waals surface area contributed by atoms with Gasteiger partial charge in [0.25, 0.3) is 0 Å². The van der Waals surface area contributed by atoms with Crippen molar-refractivity contribution in [3.8, 4) is 0 Å². The Bertz CT molecular complexity index is 666. The number of nitrogen functional groups attached to an aromatic ring is 1. The van der Waals surface area contributed by atoms with Gasteiger partial charge >= 0.3 is 0 Å². The van der Waals surface area contributed by atoms with Gasteiger partial charge in [0.05, 0.1) is 4.90 Å². The van der Waals surface area contributed by atoms with Gasteiger partial charge < -0.3 is 10.7 Å². The molecule has 2 rings (SSSR count). The lowest BCUT2D eigenvalue weighted by atomic mass is 10.3. The van der Waals surface area contributed by atoms with E-state index in [9.17, 15) is 8.42 Å². The van der Waals surface area contributed by atoms with Crippen LogP contribution in [0.4, 0.5) is 5.69 Å². The van der Waals surface area contributed by atoms with Crippen molar-refractivity contribution in [1.82, 2.24) is 14.3 Å². The minimum atomic E-state index is -3.46. The second-order valence-electron chi connectivity index (χ2n) is 3.98. The SMILES string of the molecule is CN(C)S(=O)(=O)c1ccc(Sc2ncc[nH]2)c(N)c1. The molecule has 1 aromatic heterocycles.